The highest BCUT2D eigenvalue weighted by Gasteiger charge is 2.11. The minimum Gasteiger partial charge on any atom is -0.496 e. The molecular formula is C15H20BrN3O. The fourth-order valence-electron chi connectivity index (χ4n) is 2.24. The summed E-state index contributed by atoms with van der Waals surface area (Å²) in [6.45, 7) is 5.25. The Balaban J connectivity index is 1.97. The molecule has 0 saturated heterocycles. The fourth-order valence-corrected chi connectivity index (χ4v) is 2.80. The van der Waals surface area contributed by atoms with E-state index in [-0.39, 0.29) is 6.04 Å². The van der Waals surface area contributed by atoms with Gasteiger partial charge in [0.05, 0.1) is 17.9 Å². The van der Waals surface area contributed by atoms with Gasteiger partial charge in [-0.05, 0) is 47.5 Å². The topological polar surface area (TPSA) is 39.1 Å². The van der Waals surface area contributed by atoms with Crippen molar-refractivity contribution in [3.05, 3.63) is 47.0 Å². The number of ether oxygens (including phenoxy) is 1. The Labute approximate surface area is 128 Å². The van der Waals surface area contributed by atoms with E-state index in [1.165, 1.54) is 5.56 Å². The third-order valence-electron chi connectivity index (χ3n) is 3.25. The summed E-state index contributed by atoms with van der Waals surface area (Å²) in [5.41, 5.74) is 1.23. The first-order valence-corrected chi connectivity index (χ1v) is 7.44. The van der Waals surface area contributed by atoms with Gasteiger partial charge in [0.25, 0.3) is 0 Å². The van der Waals surface area contributed by atoms with Crippen LogP contribution >= 0.6 is 15.9 Å². The van der Waals surface area contributed by atoms with Crippen LogP contribution in [0.5, 0.6) is 5.75 Å². The van der Waals surface area contributed by atoms with E-state index < -0.39 is 0 Å². The van der Waals surface area contributed by atoms with Gasteiger partial charge in [-0.25, -0.2) is 4.98 Å². The highest BCUT2D eigenvalue weighted by atomic mass is 79.9. The number of nitrogens with one attached hydrogen (secondary N) is 1. The van der Waals surface area contributed by atoms with Gasteiger partial charge in [0.1, 0.15) is 5.75 Å². The molecule has 1 N–H and O–H groups in total. The zero-order valence-corrected chi connectivity index (χ0v) is 13.6. The van der Waals surface area contributed by atoms with Crippen molar-refractivity contribution < 1.29 is 4.74 Å². The van der Waals surface area contributed by atoms with E-state index in [0.717, 1.165) is 16.8 Å². The van der Waals surface area contributed by atoms with E-state index >= 15 is 0 Å². The third kappa shape index (κ3) is 3.84. The van der Waals surface area contributed by atoms with Gasteiger partial charge in [-0.1, -0.05) is 6.07 Å². The van der Waals surface area contributed by atoms with Crippen LogP contribution in [0.4, 0.5) is 0 Å². The van der Waals surface area contributed by atoms with E-state index in [9.17, 15) is 0 Å². The minimum atomic E-state index is 0.274. The summed E-state index contributed by atoms with van der Waals surface area (Å²) in [5.74, 6) is 0.854. The summed E-state index contributed by atoms with van der Waals surface area (Å²) >= 11 is 3.53. The first-order chi connectivity index (χ1) is 9.60. The number of hydrogen-bond acceptors (Lipinski definition) is 3. The molecule has 0 fully saturated rings. The van der Waals surface area contributed by atoms with E-state index in [2.05, 4.69) is 56.8 Å². The second-order valence-electron chi connectivity index (χ2n) is 4.94. The first-order valence-electron chi connectivity index (χ1n) is 6.65. The monoisotopic (exact) mass is 337 g/mol. The number of methoxy groups -OCH3 is 1. The Hall–Kier alpha value is -1.33. The molecular weight excluding hydrogens is 318 g/mol. The molecule has 0 radical (unpaired) electrons. The zero-order chi connectivity index (χ0) is 14.5. The highest BCUT2D eigenvalue weighted by Crippen LogP contribution is 2.28. The Bertz CT molecular complexity index is 542. The maximum atomic E-state index is 5.25. The molecule has 1 heterocycles. The molecule has 0 bridgehead atoms. The van der Waals surface area contributed by atoms with Crippen LogP contribution < -0.4 is 10.1 Å². The van der Waals surface area contributed by atoms with Crippen LogP contribution in [0.25, 0.3) is 0 Å². The normalized spacial score (nSPS) is 14.0. The molecule has 2 atom stereocenters. The summed E-state index contributed by atoms with van der Waals surface area (Å²) in [7, 11) is 1.68. The Kier molecular flexibility index (Phi) is 5.20. The number of nitrogens with zero attached hydrogens (tertiary/aromatic N) is 2. The van der Waals surface area contributed by atoms with Crippen LogP contribution in [-0.2, 0) is 6.54 Å². The lowest BCUT2D eigenvalue weighted by molar-refractivity contribution is 0.410. The van der Waals surface area contributed by atoms with Crippen LogP contribution in [0.3, 0.4) is 0 Å². The summed E-state index contributed by atoms with van der Waals surface area (Å²) in [5, 5.41) is 3.59. The van der Waals surface area contributed by atoms with Gasteiger partial charge in [0.2, 0.25) is 0 Å². The average molecular weight is 338 g/mol. The maximum Gasteiger partial charge on any atom is 0.133 e. The average Bonchev–Trinajstić information content (AvgIpc) is 2.91. The molecule has 5 heteroatoms. The van der Waals surface area contributed by atoms with Gasteiger partial charge in [-0.15, -0.1) is 0 Å². The Morgan fingerprint density at radius 3 is 2.80 bits per heavy atom. The molecule has 108 valence electrons. The van der Waals surface area contributed by atoms with Crippen molar-refractivity contribution in [3.63, 3.8) is 0 Å². The van der Waals surface area contributed by atoms with Gasteiger partial charge in [-0.2, -0.15) is 0 Å². The van der Waals surface area contributed by atoms with E-state index in [1.54, 1.807) is 13.3 Å². The van der Waals surface area contributed by atoms with E-state index in [4.69, 9.17) is 4.74 Å². The minimum absolute atomic E-state index is 0.274. The molecule has 1 aromatic carbocycles. The van der Waals surface area contributed by atoms with Crippen LogP contribution in [0.15, 0.2) is 41.4 Å². The van der Waals surface area contributed by atoms with Crippen LogP contribution in [0, 0.1) is 0 Å². The largest absolute Gasteiger partial charge is 0.496 e. The van der Waals surface area contributed by atoms with Crippen molar-refractivity contribution in [3.8, 4) is 5.75 Å². The second kappa shape index (κ2) is 6.90. The molecule has 2 unspecified atom stereocenters. The lowest BCUT2D eigenvalue weighted by Gasteiger charge is -2.21. The highest BCUT2D eigenvalue weighted by molar-refractivity contribution is 9.10. The standard InChI is InChI=1S/C15H20BrN3O/c1-11(9-19-7-6-17-10-19)18-12(2)13-4-5-15(20-3)14(16)8-13/h4-8,10-12,18H,9H2,1-3H3. The number of imidazole rings is 1. The predicted molar refractivity (Wildman–Crippen MR) is 83.9 cm³/mol. The Morgan fingerprint density at radius 2 is 2.20 bits per heavy atom. The van der Waals surface area contributed by atoms with E-state index in [1.807, 2.05) is 18.6 Å². The number of benzene rings is 1. The van der Waals surface area contributed by atoms with E-state index in [0.29, 0.717) is 6.04 Å². The molecule has 2 rings (SSSR count). The first kappa shape index (κ1) is 15.1. The maximum absolute atomic E-state index is 5.25. The number of halogens is 1. The van der Waals surface area contributed by atoms with Gasteiger partial charge >= 0.3 is 0 Å². The van der Waals surface area contributed by atoms with Crippen molar-refractivity contribution in [2.24, 2.45) is 0 Å². The lowest BCUT2D eigenvalue weighted by atomic mass is 10.1. The lowest BCUT2D eigenvalue weighted by Crippen LogP contribution is -2.32. The molecule has 1 aromatic heterocycles. The van der Waals surface area contributed by atoms with Crippen LogP contribution in [0.1, 0.15) is 25.5 Å². The summed E-state index contributed by atoms with van der Waals surface area (Å²) in [4.78, 5) is 4.06. The molecule has 0 aliphatic carbocycles. The van der Waals surface area contributed by atoms with Gasteiger partial charge < -0.3 is 14.6 Å². The zero-order valence-electron chi connectivity index (χ0n) is 12.0. The van der Waals surface area contributed by atoms with Gasteiger partial charge in [0.15, 0.2) is 0 Å². The van der Waals surface area contributed by atoms with Crippen molar-refractivity contribution in [2.75, 3.05) is 7.11 Å². The van der Waals surface area contributed by atoms with Crippen LogP contribution in [0.2, 0.25) is 0 Å². The van der Waals surface area contributed by atoms with Crippen molar-refractivity contribution in [1.29, 1.82) is 0 Å². The molecule has 0 amide bonds. The SMILES string of the molecule is COc1ccc(C(C)NC(C)Cn2ccnc2)cc1Br. The van der Waals surface area contributed by atoms with Crippen molar-refractivity contribution in [1.82, 2.24) is 14.9 Å². The summed E-state index contributed by atoms with van der Waals surface area (Å²) in [6.07, 6.45) is 5.62. The Morgan fingerprint density at radius 1 is 1.40 bits per heavy atom. The molecule has 0 aliphatic heterocycles. The molecule has 0 saturated carbocycles. The molecule has 20 heavy (non-hydrogen) atoms. The molecule has 0 spiro atoms. The summed E-state index contributed by atoms with van der Waals surface area (Å²) in [6, 6.07) is 6.81. The van der Waals surface area contributed by atoms with Crippen molar-refractivity contribution >= 4 is 15.9 Å². The van der Waals surface area contributed by atoms with Gasteiger partial charge in [-0.3, -0.25) is 0 Å². The number of hydrogen-bond donors (Lipinski definition) is 1. The predicted octanol–water partition coefficient (Wildman–Crippen LogP) is 3.39. The second-order valence-corrected chi connectivity index (χ2v) is 5.80. The number of aromatic nitrogens is 2. The number of rotatable bonds is 6. The molecule has 2 aromatic rings. The summed E-state index contributed by atoms with van der Waals surface area (Å²) < 4.78 is 8.31. The molecule has 0 aliphatic rings. The van der Waals surface area contributed by atoms with Crippen LogP contribution in [-0.4, -0.2) is 22.7 Å². The van der Waals surface area contributed by atoms with Crippen molar-refractivity contribution in [2.45, 2.75) is 32.5 Å². The molecule has 4 nitrogen and oxygen atoms in total. The smallest absolute Gasteiger partial charge is 0.133 e. The fraction of sp³-hybridized carbons (Fsp3) is 0.400. The third-order valence-corrected chi connectivity index (χ3v) is 3.87. The quantitative estimate of drug-likeness (QED) is 0.878. The van der Waals surface area contributed by atoms with Gasteiger partial charge in [0, 0.05) is 31.0 Å².